The van der Waals surface area contributed by atoms with Crippen molar-refractivity contribution in [2.75, 3.05) is 25.0 Å². The standard InChI is InChI=1S/C20H25N5O4S2/c1-13-9-25(10-14(2)29-13)11-15-12-30-20(22-15)23-18(26)7-8-21-19-16-5-3-4-6-17(16)31(27,28)24-19/h3-6,12-14H,7-11H2,1-2H3,(H,21,24)(H,22,23,26)/t13-,14+. The Morgan fingerprint density at radius 1 is 1.32 bits per heavy atom. The normalized spacial score (nSPS) is 24.0. The number of hydrogen-bond acceptors (Lipinski definition) is 8. The van der Waals surface area contributed by atoms with Crippen LogP contribution in [0, 0.1) is 0 Å². The van der Waals surface area contributed by atoms with E-state index in [0.29, 0.717) is 10.7 Å². The highest BCUT2D eigenvalue weighted by molar-refractivity contribution is 7.90. The van der Waals surface area contributed by atoms with Gasteiger partial charge in [-0.3, -0.25) is 19.4 Å². The summed E-state index contributed by atoms with van der Waals surface area (Å²) in [7, 11) is -3.57. The molecule has 4 rings (SSSR count). The van der Waals surface area contributed by atoms with Crippen LogP contribution in [0.3, 0.4) is 0 Å². The molecule has 166 valence electrons. The van der Waals surface area contributed by atoms with E-state index < -0.39 is 10.0 Å². The lowest BCUT2D eigenvalue weighted by Gasteiger charge is -2.34. The average Bonchev–Trinajstić information content (AvgIpc) is 3.23. The second-order valence-electron chi connectivity index (χ2n) is 7.73. The summed E-state index contributed by atoms with van der Waals surface area (Å²) in [6.45, 7) is 6.73. The van der Waals surface area contributed by atoms with Gasteiger partial charge in [0.05, 0.1) is 29.3 Å². The molecule has 2 aliphatic heterocycles. The van der Waals surface area contributed by atoms with Crippen LogP contribution in [0.2, 0.25) is 0 Å². The van der Waals surface area contributed by atoms with Crippen LogP contribution in [0.5, 0.6) is 0 Å². The van der Waals surface area contributed by atoms with E-state index >= 15 is 0 Å². The van der Waals surface area contributed by atoms with Crippen LogP contribution in [0.25, 0.3) is 0 Å². The van der Waals surface area contributed by atoms with Gasteiger partial charge in [-0.25, -0.2) is 13.4 Å². The molecule has 0 radical (unpaired) electrons. The van der Waals surface area contributed by atoms with Gasteiger partial charge in [-0.1, -0.05) is 12.1 Å². The first kappa shape index (κ1) is 21.9. The fourth-order valence-electron chi connectivity index (χ4n) is 3.78. The number of amidine groups is 1. The van der Waals surface area contributed by atoms with Crippen molar-refractivity contribution in [3.63, 3.8) is 0 Å². The van der Waals surface area contributed by atoms with Crippen LogP contribution in [-0.2, 0) is 26.1 Å². The van der Waals surface area contributed by atoms with E-state index in [1.807, 2.05) is 5.38 Å². The van der Waals surface area contributed by atoms with Crippen molar-refractivity contribution < 1.29 is 17.9 Å². The van der Waals surface area contributed by atoms with E-state index in [1.165, 1.54) is 17.4 Å². The van der Waals surface area contributed by atoms with Gasteiger partial charge in [0.2, 0.25) is 5.91 Å². The first-order valence-electron chi connectivity index (χ1n) is 10.1. The number of aromatic nitrogens is 1. The van der Waals surface area contributed by atoms with Gasteiger partial charge in [0.15, 0.2) is 5.13 Å². The largest absolute Gasteiger partial charge is 0.373 e. The summed E-state index contributed by atoms with van der Waals surface area (Å²) >= 11 is 1.39. The van der Waals surface area contributed by atoms with Crippen molar-refractivity contribution in [2.45, 2.75) is 43.9 Å². The van der Waals surface area contributed by atoms with Gasteiger partial charge in [-0.15, -0.1) is 11.3 Å². The Morgan fingerprint density at radius 3 is 2.84 bits per heavy atom. The maximum atomic E-state index is 12.3. The molecule has 2 aromatic rings. The zero-order chi connectivity index (χ0) is 22.0. The highest BCUT2D eigenvalue weighted by Crippen LogP contribution is 2.22. The number of hydrogen-bond donors (Lipinski definition) is 2. The van der Waals surface area contributed by atoms with Gasteiger partial charge in [-0.2, -0.15) is 0 Å². The number of nitrogens with one attached hydrogen (secondary N) is 2. The minimum atomic E-state index is -3.57. The number of carbonyl (C=O) groups excluding carboxylic acids is 1. The van der Waals surface area contributed by atoms with Crippen molar-refractivity contribution in [2.24, 2.45) is 4.99 Å². The number of thiazole rings is 1. The Morgan fingerprint density at radius 2 is 2.06 bits per heavy atom. The average molecular weight is 464 g/mol. The third-order valence-electron chi connectivity index (χ3n) is 4.95. The number of benzene rings is 1. The molecule has 1 amide bonds. The molecule has 0 unspecified atom stereocenters. The molecule has 31 heavy (non-hydrogen) atoms. The number of rotatable bonds is 6. The van der Waals surface area contributed by atoms with E-state index in [2.05, 4.69) is 38.8 Å². The van der Waals surface area contributed by atoms with Crippen molar-refractivity contribution in [3.05, 3.63) is 40.9 Å². The number of fused-ring (bicyclic) bond motifs is 1. The van der Waals surface area contributed by atoms with E-state index in [9.17, 15) is 13.2 Å². The molecule has 0 aliphatic carbocycles. The number of carbonyl (C=O) groups is 1. The molecule has 0 bridgehead atoms. The van der Waals surface area contributed by atoms with Crippen molar-refractivity contribution in [1.29, 1.82) is 0 Å². The Hall–Kier alpha value is -2.34. The predicted octanol–water partition coefficient (Wildman–Crippen LogP) is 1.82. The number of ether oxygens (including phenoxy) is 1. The molecule has 9 nitrogen and oxygen atoms in total. The quantitative estimate of drug-likeness (QED) is 0.676. The van der Waals surface area contributed by atoms with E-state index in [-0.39, 0.29) is 41.8 Å². The van der Waals surface area contributed by atoms with Crippen LogP contribution in [0.4, 0.5) is 5.13 Å². The van der Waals surface area contributed by atoms with Crippen LogP contribution in [-0.4, -0.2) is 61.9 Å². The summed E-state index contributed by atoms with van der Waals surface area (Å²) in [5, 5.41) is 5.29. The molecule has 2 atom stereocenters. The number of anilines is 1. The molecular weight excluding hydrogens is 438 g/mol. The molecule has 1 aromatic carbocycles. The first-order valence-corrected chi connectivity index (χ1v) is 12.4. The summed E-state index contributed by atoms with van der Waals surface area (Å²) < 4.78 is 32.4. The maximum absolute atomic E-state index is 12.3. The zero-order valence-electron chi connectivity index (χ0n) is 17.4. The third kappa shape index (κ3) is 5.29. The van der Waals surface area contributed by atoms with E-state index in [1.54, 1.807) is 18.2 Å². The number of morpholine rings is 1. The number of nitrogens with zero attached hydrogens (tertiary/aromatic N) is 3. The van der Waals surface area contributed by atoms with Crippen molar-refractivity contribution >= 4 is 38.2 Å². The molecule has 1 fully saturated rings. The fraction of sp³-hybridized carbons (Fsp3) is 0.450. The van der Waals surface area contributed by atoms with Gasteiger partial charge >= 0.3 is 0 Å². The molecular formula is C20H25N5O4S2. The Kier molecular flexibility index (Phi) is 6.37. The zero-order valence-corrected chi connectivity index (χ0v) is 19.0. The number of aliphatic imine (C=N–C) groups is 1. The van der Waals surface area contributed by atoms with Gasteiger partial charge in [0.1, 0.15) is 5.84 Å². The van der Waals surface area contributed by atoms with Crippen LogP contribution >= 0.6 is 11.3 Å². The molecule has 1 saturated heterocycles. The number of sulfonamides is 1. The molecule has 1 aromatic heterocycles. The second kappa shape index (κ2) is 9.03. The number of amides is 1. The van der Waals surface area contributed by atoms with Gasteiger partial charge in [-0.05, 0) is 26.0 Å². The van der Waals surface area contributed by atoms with Crippen LogP contribution < -0.4 is 10.0 Å². The monoisotopic (exact) mass is 463 g/mol. The van der Waals surface area contributed by atoms with Crippen LogP contribution in [0.15, 0.2) is 39.5 Å². The lowest BCUT2D eigenvalue weighted by Crippen LogP contribution is -2.44. The summed E-state index contributed by atoms with van der Waals surface area (Å²) in [6, 6.07) is 6.64. The Bertz CT molecular complexity index is 1090. The minimum Gasteiger partial charge on any atom is -0.373 e. The summed E-state index contributed by atoms with van der Waals surface area (Å²) in [4.78, 5) is 23.5. The van der Waals surface area contributed by atoms with Gasteiger partial charge in [0.25, 0.3) is 10.0 Å². The van der Waals surface area contributed by atoms with Crippen molar-refractivity contribution in [3.8, 4) is 0 Å². The lowest BCUT2D eigenvalue weighted by atomic mass is 10.2. The lowest BCUT2D eigenvalue weighted by molar-refractivity contribution is -0.116. The van der Waals surface area contributed by atoms with Crippen molar-refractivity contribution in [1.82, 2.24) is 14.6 Å². The second-order valence-corrected chi connectivity index (χ2v) is 10.2. The third-order valence-corrected chi connectivity index (χ3v) is 7.15. The van der Waals surface area contributed by atoms with E-state index in [4.69, 9.17) is 4.74 Å². The smallest absolute Gasteiger partial charge is 0.263 e. The first-order chi connectivity index (χ1) is 14.8. The Labute approximate surface area is 185 Å². The topological polar surface area (TPSA) is 113 Å². The SMILES string of the molecule is C[C@@H]1CN(Cc2csc(NC(=O)CCN=C3NS(=O)(=O)c4ccccc43)n2)C[C@H](C)O1. The fourth-order valence-corrected chi connectivity index (χ4v) is 5.75. The molecule has 2 aliphatic rings. The van der Waals surface area contributed by atoms with E-state index in [0.717, 1.165) is 25.3 Å². The highest BCUT2D eigenvalue weighted by Gasteiger charge is 2.30. The van der Waals surface area contributed by atoms with Gasteiger partial charge < -0.3 is 10.1 Å². The molecule has 3 heterocycles. The maximum Gasteiger partial charge on any atom is 0.263 e. The summed E-state index contributed by atoms with van der Waals surface area (Å²) in [5.41, 5.74) is 1.44. The Balaban J connectivity index is 1.29. The summed E-state index contributed by atoms with van der Waals surface area (Å²) in [5.74, 6) is 0.0573. The summed E-state index contributed by atoms with van der Waals surface area (Å²) in [6.07, 6.45) is 0.514. The minimum absolute atomic E-state index is 0.126. The molecule has 2 N–H and O–H groups in total. The molecule has 0 spiro atoms. The van der Waals surface area contributed by atoms with Crippen LogP contribution in [0.1, 0.15) is 31.5 Å². The predicted molar refractivity (Wildman–Crippen MR) is 119 cm³/mol. The van der Waals surface area contributed by atoms with Gasteiger partial charge in [0, 0.05) is 37.0 Å². The molecule has 11 heteroatoms. The highest BCUT2D eigenvalue weighted by atomic mass is 32.2. The molecule has 0 saturated carbocycles.